The summed E-state index contributed by atoms with van der Waals surface area (Å²) in [7, 11) is 3.87. The summed E-state index contributed by atoms with van der Waals surface area (Å²) in [4.78, 5) is 40.5. The molecule has 3 aliphatic carbocycles. The van der Waals surface area contributed by atoms with E-state index in [1.165, 1.54) is 0 Å². The summed E-state index contributed by atoms with van der Waals surface area (Å²) < 4.78 is 11.3. The molecule has 6 atom stereocenters. The van der Waals surface area contributed by atoms with Crippen LogP contribution in [-0.4, -0.2) is 66.7 Å². The van der Waals surface area contributed by atoms with Gasteiger partial charge in [-0.15, -0.1) is 12.4 Å². The lowest BCUT2D eigenvalue weighted by molar-refractivity contribution is -0.191. The van der Waals surface area contributed by atoms with Gasteiger partial charge in [-0.1, -0.05) is 33.3 Å². The van der Waals surface area contributed by atoms with Gasteiger partial charge in [-0.2, -0.15) is 0 Å². The molecule has 0 amide bonds. The van der Waals surface area contributed by atoms with Gasteiger partial charge in [0.2, 0.25) is 0 Å². The second-order valence-corrected chi connectivity index (χ2v) is 13.2. The molecule has 0 aliphatic heterocycles. The van der Waals surface area contributed by atoms with Crippen LogP contribution >= 0.6 is 12.4 Å². The third-order valence-electron chi connectivity index (χ3n) is 9.33. The number of hydrogen-bond acceptors (Lipinski definition) is 7. The van der Waals surface area contributed by atoms with Crippen molar-refractivity contribution in [2.75, 3.05) is 27.2 Å². The van der Waals surface area contributed by atoms with Gasteiger partial charge in [0.15, 0.2) is 0 Å². The molecule has 0 spiro atoms. The van der Waals surface area contributed by atoms with Crippen LogP contribution in [0.15, 0.2) is 11.6 Å². The first-order valence-corrected chi connectivity index (χ1v) is 13.5. The van der Waals surface area contributed by atoms with Crippen LogP contribution in [-0.2, 0) is 23.9 Å². The zero-order chi connectivity index (χ0) is 27.1. The zero-order valence-electron chi connectivity index (χ0n) is 24.0. The van der Waals surface area contributed by atoms with Gasteiger partial charge < -0.3 is 19.5 Å². The van der Waals surface area contributed by atoms with Crippen molar-refractivity contribution in [2.45, 2.75) is 91.8 Å². The highest BCUT2D eigenvalue weighted by Crippen LogP contribution is 2.64. The van der Waals surface area contributed by atoms with Gasteiger partial charge in [0.1, 0.15) is 18.5 Å². The Balaban J connectivity index is 0.00000481. The number of ether oxygens (including phenoxy) is 2. The van der Waals surface area contributed by atoms with Gasteiger partial charge in [0.05, 0.1) is 12.0 Å². The Hall–Kier alpha value is -1.44. The van der Waals surface area contributed by atoms with Crippen LogP contribution in [0.1, 0.15) is 80.1 Å². The van der Waals surface area contributed by atoms with Gasteiger partial charge in [-0.05, 0) is 76.8 Å². The highest BCUT2D eigenvalue weighted by Gasteiger charge is 2.62. The quantitative estimate of drug-likeness (QED) is 0.372. The minimum atomic E-state index is -1.11. The van der Waals surface area contributed by atoms with E-state index in [0.29, 0.717) is 19.6 Å². The number of esters is 2. The van der Waals surface area contributed by atoms with Crippen LogP contribution in [0, 0.1) is 34.5 Å². The molecule has 0 aromatic rings. The molecule has 0 bridgehead atoms. The van der Waals surface area contributed by atoms with Crippen molar-refractivity contribution in [3.05, 3.63) is 11.6 Å². The predicted molar refractivity (Wildman–Crippen MR) is 145 cm³/mol. The Bertz CT molecular complexity index is 891. The number of aliphatic hydroxyl groups is 1. The highest BCUT2D eigenvalue weighted by molar-refractivity contribution is 5.86. The van der Waals surface area contributed by atoms with Crippen molar-refractivity contribution in [1.82, 2.24) is 4.90 Å². The maximum absolute atomic E-state index is 13.6. The molecule has 8 heteroatoms. The molecule has 0 aromatic heterocycles. The molecule has 0 saturated heterocycles. The second kappa shape index (κ2) is 11.7. The standard InChI is InChI=1S/C29H47NO6.ClH/c1-18-19(15-24(32)35-14-13-30(7)8)9-10-20-26(18)21(31)16-22-28(4,5)23(11-12-29(20,22)6)36-25(33)17-27(2,3)34;/h15,18,20,22-23,26,34H,9-14,16-17H2,1-8H3;1H/b19-15+;/t18-,20-,22-,23-,26-,29+;/m0./s1. The lowest BCUT2D eigenvalue weighted by Crippen LogP contribution is -2.60. The van der Waals surface area contributed by atoms with Crippen LogP contribution in [0.2, 0.25) is 0 Å². The largest absolute Gasteiger partial charge is 0.462 e. The fraction of sp³-hybridized carbons (Fsp3) is 0.828. The smallest absolute Gasteiger partial charge is 0.330 e. The summed E-state index contributed by atoms with van der Waals surface area (Å²) >= 11 is 0. The first-order chi connectivity index (χ1) is 16.6. The van der Waals surface area contributed by atoms with Crippen LogP contribution in [0.25, 0.3) is 0 Å². The molecule has 3 aliphatic rings. The van der Waals surface area contributed by atoms with E-state index in [4.69, 9.17) is 9.47 Å². The van der Waals surface area contributed by atoms with Gasteiger partial charge in [-0.3, -0.25) is 9.59 Å². The molecular weight excluding hydrogens is 494 g/mol. The molecule has 212 valence electrons. The minimum absolute atomic E-state index is 0. The van der Waals surface area contributed by atoms with Crippen LogP contribution < -0.4 is 0 Å². The van der Waals surface area contributed by atoms with E-state index >= 15 is 0 Å². The van der Waals surface area contributed by atoms with Crippen molar-refractivity contribution < 1.29 is 29.0 Å². The van der Waals surface area contributed by atoms with Crippen LogP contribution in [0.3, 0.4) is 0 Å². The second-order valence-electron chi connectivity index (χ2n) is 13.2. The van der Waals surface area contributed by atoms with E-state index in [2.05, 4.69) is 27.7 Å². The number of Topliss-reactive ketones (excluding diaryl/α,β-unsaturated/α-hetero) is 1. The number of fused-ring (bicyclic) bond motifs is 3. The molecule has 3 saturated carbocycles. The molecule has 7 nitrogen and oxygen atoms in total. The summed E-state index contributed by atoms with van der Waals surface area (Å²) in [5, 5.41) is 10.0. The fourth-order valence-corrected chi connectivity index (χ4v) is 7.38. The van der Waals surface area contributed by atoms with Crippen LogP contribution in [0.5, 0.6) is 0 Å². The van der Waals surface area contributed by atoms with Gasteiger partial charge >= 0.3 is 11.9 Å². The average molecular weight is 542 g/mol. The number of rotatable bonds is 7. The van der Waals surface area contributed by atoms with E-state index in [9.17, 15) is 19.5 Å². The molecule has 0 aromatic carbocycles. The summed E-state index contributed by atoms with van der Waals surface area (Å²) in [6.45, 7) is 12.9. The van der Waals surface area contributed by atoms with Crippen molar-refractivity contribution in [3.8, 4) is 0 Å². The van der Waals surface area contributed by atoms with E-state index in [0.717, 1.165) is 31.3 Å². The van der Waals surface area contributed by atoms with Crippen LogP contribution in [0.4, 0.5) is 0 Å². The van der Waals surface area contributed by atoms with Gasteiger partial charge in [0, 0.05) is 30.4 Å². The Morgan fingerprint density at radius 2 is 1.84 bits per heavy atom. The third-order valence-corrected chi connectivity index (χ3v) is 9.33. The topological polar surface area (TPSA) is 93.1 Å². The highest BCUT2D eigenvalue weighted by atomic mass is 35.5. The molecular formula is C29H48ClNO6. The summed E-state index contributed by atoms with van der Waals surface area (Å²) in [6, 6.07) is 0. The lowest BCUT2D eigenvalue weighted by atomic mass is 9.42. The maximum atomic E-state index is 13.6. The van der Waals surface area contributed by atoms with E-state index in [1.807, 2.05) is 19.0 Å². The minimum Gasteiger partial charge on any atom is -0.462 e. The Morgan fingerprint density at radius 3 is 2.43 bits per heavy atom. The van der Waals surface area contributed by atoms with E-state index < -0.39 is 5.60 Å². The first kappa shape index (κ1) is 31.8. The fourth-order valence-electron chi connectivity index (χ4n) is 7.38. The van der Waals surface area contributed by atoms with Gasteiger partial charge in [0.25, 0.3) is 0 Å². The summed E-state index contributed by atoms with van der Waals surface area (Å²) in [5.74, 6) is -0.166. The Morgan fingerprint density at radius 1 is 1.19 bits per heavy atom. The number of carbonyl (C=O) groups is 3. The zero-order valence-corrected chi connectivity index (χ0v) is 24.8. The number of likely N-dealkylation sites (N-methyl/N-ethyl adjacent to an activating group) is 1. The molecule has 3 fully saturated rings. The average Bonchev–Trinajstić information content (AvgIpc) is 2.72. The lowest BCUT2D eigenvalue weighted by Gasteiger charge is -2.62. The van der Waals surface area contributed by atoms with E-state index in [-0.39, 0.29) is 77.2 Å². The van der Waals surface area contributed by atoms with Crippen molar-refractivity contribution in [2.24, 2.45) is 34.5 Å². The first-order valence-electron chi connectivity index (χ1n) is 13.5. The number of halogens is 1. The SMILES string of the molecule is C[C@H]1/C(=C/C(=O)OCCN(C)C)CC[C@H]2[C@H]1C(=O)C[C@H]1C(C)(C)[C@@H](OC(=O)CC(C)(C)O)CC[C@]21C.Cl. The Labute approximate surface area is 229 Å². The van der Waals surface area contributed by atoms with Gasteiger partial charge in [-0.25, -0.2) is 4.79 Å². The normalized spacial score (nSPS) is 34.3. The molecule has 3 rings (SSSR count). The number of hydrogen-bond donors (Lipinski definition) is 1. The number of allylic oxidation sites excluding steroid dienone is 1. The third kappa shape index (κ3) is 6.96. The van der Waals surface area contributed by atoms with Crippen molar-refractivity contribution in [3.63, 3.8) is 0 Å². The molecule has 0 unspecified atom stereocenters. The number of nitrogens with zero attached hydrogens (tertiary/aromatic N) is 1. The molecule has 0 heterocycles. The molecule has 0 radical (unpaired) electrons. The van der Waals surface area contributed by atoms with Crippen molar-refractivity contribution in [1.29, 1.82) is 0 Å². The van der Waals surface area contributed by atoms with E-state index in [1.54, 1.807) is 19.9 Å². The number of carbonyl (C=O) groups excluding carboxylic acids is 3. The molecule has 37 heavy (non-hydrogen) atoms. The summed E-state index contributed by atoms with van der Waals surface area (Å²) in [5.41, 5.74) is -0.471. The van der Waals surface area contributed by atoms with Crippen molar-refractivity contribution >= 4 is 30.1 Å². The Kier molecular flexibility index (Phi) is 10.1. The number of ketones is 1. The summed E-state index contributed by atoms with van der Waals surface area (Å²) in [6.07, 6.45) is 5.10. The monoisotopic (exact) mass is 541 g/mol. The predicted octanol–water partition coefficient (Wildman–Crippen LogP) is 4.59. The molecule has 1 N–H and O–H groups in total. The maximum Gasteiger partial charge on any atom is 0.330 e.